The minimum absolute atomic E-state index is 0. The smallest absolute Gasteiger partial charge is 0.0681 e. The van der Waals surface area contributed by atoms with Gasteiger partial charge >= 0.3 is 0 Å². The number of hydrogen-bond donors (Lipinski definition) is 1. The van der Waals surface area contributed by atoms with Gasteiger partial charge in [0.05, 0.1) is 6.61 Å². The first-order chi connectivity index (χ1) is 3.93. The largest absolute Gasteiger partial charge is 0.392 e. The molecule has 0 aromatic heterocycles. The van der Waals surface area contributed by atoms with Gasteiger partial charge in [-0.3, -0.25) is 0 Å². The van der Waals surface area contributed by atoms with Crippen molar-refractivity contribution in [1.82, 2.24) is 0 Å². The van der Waals surface area contributed by atoms with Crippen molar-refractivity contribution in [2.45, 2.75) is 6.61 Å². The number of aliphatic hydroxyl groups excluding tert-OH is 1. The van der Waals surface area contributed by atoms with Crippen molar-refractivity contribution in [1.29, 1.82) is 0 Å². The van der Waals surface area contributed by atoms with Gasteiger partial charge in [-0.25, -0.2) is 0 Å². The quantitative estimate of drug-likeness (QED) is 0.582. The summed E-state index contributed by atoms with van der Waals surface area (Å²) in [6.07, 6.45) is 0. The molecule has 2 heteroatoms. The van der Waals surface area contributed by atoms with Crippen molar-refractivity contribution in [2.75, 3.05) is 0 Å². The van der Waals surface area contributed by atoms with Crippen LogP contribution in [-0.2, 0) is 6.61 Å². The van der Waals surface area contributed by atoms with Crippen molar-refractivity contribution in [2.24, 2.45) is 0 Å². The van der Waals surface area contributed by atoms with E-state index in [9.17, 15) is 0 Å². The van der Waals surface area contributed by atoms with Crippen LogP contribution in [0.5, 0.6) is 0 Å². The van der Waals surface area contributed by atoms with Crippen LogP contribution in [0.4, 0.5) is 0 Å². The third-order valence-corrected chi connectivity index (χ3v) is 1.03. The van der Waals surface area contributed by atoms with E-state index in [0.717, 1.165) is 5.56 Å². The van der Waals surface area contributed by atoms with Crippen molar-refractivity contribution in [3.05, 3.63) is 35.9 Å². The predicted octanol–water partition coefficient (Wildman–Crippen LogP) is 0.798. The molecule has 0 amide bonds. The van der Waals surface area contributed by atoms with Crippen LogP contribution in [0.3, 0.4) is 0 Å². The standard InChI is InChI=1S/C7H8O.K/c8-6-7-4-2-1-3-5-7;/h1-5,8H,6H2;. The molecule has 0 aliphatic carbocycles. The van der Waals surface area contributed by atoms with Crippen molar-refractivity contribution >= 4 is 51.4 Å². The average Bonchev–Trinajstić information content (AvgIpc) is 1.90. The maximum absolute atomic E-state index is 8.54. The summed E-state index contributed by atoms with van der Waals surface area (Å²) in [6.45, 7) is 0.140. The Labute approximate surface area is 97.5 Å². The second kappa shape index (κ2) is 5.59. The molecule has 1 rings (SSSR count). The normalized spacial score (nSPS) is 8.11. The molecule has 0 fully saturated rings. The summed E-state index contributed by atoms with van der Waals surface area (Å²) in [5, 5.41) is 8.54. The van der Waals surface area contributed by atoms with Gasteiger partial charge < -0.3 is 5.11 Å². The molecule has 1 nitrogen and oxygen atoms in total. The molecule has 0 spiro atoms. The van der Waals surface area contributed by atoms with Gasteiger partial charge in [0.1, 0.15) is 0 Å². The van der Waals surface area contributed by atoms with E-state index in [0.29, 0.717) is 0 Å². The van der Waals surface area contributed by atoms with Crippen LogP contribution in [-0.4, -0.2) is 56.5 Å². The second-order valence-electron chi connectivity index (χ2n) is 1.64. The summed E-state index contributed by atoms with van der Waals surface area (Å²) in [4.78, 5) is 0. The predicted molar refractivity (Wildman–Crippen MR) is 38.1 cm³/mol. The van der Waals surface area contributed by atoms with E-state index in [4.69, 9.17) is 5.11 Å². The molecule has 0 heterocycles. The van der Waals surface area contributed by atoms with Crippen LogP contribution in [0.15, 0.2) is 30.3 Å². The van der Waals surface area contributed by atoms with Gasteiger partial charge in [-0.05, 0) is 5.56 Å². The van der Waals surface area contributed by atoms with Gasteiger partial charge in [-0.15, -0.1) is 0 Å². The summed E-state index contributed by atoms with van der Waals surface area (Å²) in [5.41, 5.74) is 0.965. The van der Waals surface area contributed by atoms with Crippen LogP contribution < -0.4 is 0 Å². The molecule has 0 saturated heterocycles. The van der Waals surface area contributed by atoms with Gasteiger partial charge in [-0.2, -0.15) is 0 Å². The zero-order valence-corrected chi connectivity index (χ0v) is 8.66. The van der Waals surface area contributed by atoms with E-state index >= 15 is 0 Å². The first-order valence-electron chi connectivity index (χ1n) is 2.58. The molecule has 43 valence electrons. The summed E-state index contributed by atoms with van der Waals surface area (Å²) in [6, 6.07) is 9.52. The van der Waals surface area contributed by atoms with Gasteiger partial charge in [0.2, 0.25) is 0 Å². The van der Waals surface area contributed by atoms with Crippen molar-refractivity contribution < 1.29 is 5.11 Å². The Bertz CT molecular complexity index is 150. The zero-order chi connectivity index (χ0) is 5.82. The molecule has 1 radical (unpaired) electrons. The van der Waals surface area contributed by atoms with Gasteiger partial charge in [0.25, 0.3) is 0 Å². The van der Waals surface area contributed by atoms with E-state index in [-0.39, 0.29) is 58.0 Å². The Balaban J connectivity index is 0.000000640. The summed E-state index contributed by atoms with van der Waals surface area (Å²) >= 11 is 0. The molecule has 0 atom stereocenters. The van der Waals surface area contributed by atoms with Gasteiger partial charge in [-0.1, -0.05) is 30.3 Å². The first-order valence-corrected chi connectivity index (χ1v) is 2.58. The second-order valence-corrected chi connectivity index (χ2v) is 1.64. The molecular formula is C7H8KO. The van der Waals surface area contributed by atoms with E-state index < -0.39 is 0 Å². The van der Waals surface area contributed by atoms with Crippen LogP contribution in [0, 0.1) is 0 Å². The number of aliphatic hydroxyl groups is 1. The zero-order valence-electron chi connectivity index (χ0n) is 5.54. The molecule has 1 N–H and O–H groups in total. The number of rotatable bonds is 1. The summed E-state index contributed by atoms with van der Waals surface area (Å²) in [7, 11) is 0. The third kappa shape index (κ3) is 3.50. The Morgan fingerprint density at radius 3 is 2.00 bits per heavy atom. The van der Waals surface area contributed by atoms with Crippen LogP contribution in [0.1, 0.15) is 5.56 Å². The maximum Gasteiger partial charge on any atom is 0.0681 e. The monoisotopic (exact) mass is 147 g/mol. The van der Waals surface area contributed by atoms with E-state index in [1.54, 1.807) is 0 Å². The van der Waals surface area contributed by atoms with Crippen molar-refractivity contribution in [3.63, 3.8) is 0 Å². The molecule has 0 bridgehead atoms. The number of benzene rings is 1. The fourth-order valence-electron chi connectivity index (χ4n) is 0.583. The van der Waals surface area contributed by atoms with E-state index in [1.807, 2.05) is 30.3 Å². The Hall–Kier alpha value is 0.816. The van der Waals surface area contributed by atoms with Gasteiger partial charge in [0.15, 0.2) is 0 Å². The van der Waals surface area contributed by atoms with Crippen LogP contribution in [0.2, 0.25) is 0 Å². The van der Waals surface area contributed by atoms with Crippen LogP contribution in [0.25, 0.3) is 0 Å². The fraction of sp³-hybridized carbons (Fsp3) is 0.143. The van der Waals surface area contributed by atoms with Crippen molar-refractivity contribution in [3.8, 4) is 0 Å². The molecule has 0 aliphatic heterocycles. The molecule has 0 unspecified atom stereocenters. The minimum atomic E-state index is 0. The van der Waals surface area contributed by atoms with E-state index in [2.05, 4.69) is 0 Å². The van der Waals surface area contributed by atoms with Crippen LogP contribution >= 0.6 is 0 Å². The Kier molecular flexibility index (Phi) is 6.10. The minimum Gasteiger partial charge on any atom is -0.392 e. The molecular weight excluding hydrogens is 139 g/mol. The molecule has 0 aliphatic rings. The Morgan fingerprint density at radius 2 is 1.67 bits per heavy atom. The van der Waals surface area contributed by atoms with E-state index in [1.165, 1.54) is 0 Å². The molecule has 0 saturated carbocycles. The first kappa shape index (κ1) is 9.82. The number of hydrogen-bond acceptors (Lipinski definition) is 1. The summed E-state index contributed by atoms with van der Waals surface area (Å²) < 4.78 is 0. The average molecular weight is 147 g/mol. The SMILES string of the molecule is OCc1ccccc1.[K]. The summed E-state index contributed by atoms with van der Waals surface area (Å²) in [5.74, 6) is 0. The molecule has 1 aromatic carbocycles. The Morgan fingerprint density at radius 1 is 1.11 bits per heavy atom. The third-order valence-electron chi connectivity index (χ3n) is 1.03. The molecule has 1 aromatic rings. The van der Waals surface area contributed by atoms with Gasteiger partial charge in [0, 0.05) is 51.4 Å². The molecule has 9 heavy (non-hydrogen) atoms. The topological polar surface area (TPSA) is 20.2 Å². The maximum atomic E-state index is 8.54. The fourth-order valence-corrected chi connectivity index (χ4v) is 0.583.